The molecule has 0 aliphatic carbocycles. The number of hydrogen-bond acceptors (Lipinski definition) is 3. The molecule has 0 saturated heterocycles. The summed E-state index contributed by atoms with van der Waals surface area (Å²) in [6, 6.07) is 5.16. The fourth-order valence-electron chi connectivity index (χ4n) is 1.11. The van der Waals surface area contributed by atoms with Crippen LogP contribution in [-0.4, -0.2) is 24.2 Å². The predicted octanol–water partition coefficient (Wildman–Crippen LogP) is 2.55. The number of amides is 1. The lowest BCUT2D eigenvalue weighted by molar-refractivity contribution is -0.119. The van der Waals surface area contributed by atoms with E-state index in [9.17, 15) is 4.79 Å². The maximum absolute atomic E-state index is 11.5. The first kappa shape index (κ1) is 14.6. The van der Waals surface area contributed by atoms with Gasteiger partial charge in [-0.3, -0.25) is 4.79 Å². The van der Waals surface area contributed by atoms with Crippen molar-refractivity contribution in [3.05, 3.63) is 28.2 Å². The van der Waals surface area contributed by atoms with E-state index in [0.717, 1.165) is 4.90 Å². The molecule has 0 radical (unpaired) electrons. The molecule has 0 unspecified atom stereocenters. The molecule has 0 spiro atoms. The van der Waals surface area contributed by atoms with Crippen LogP contribution in [0.1, 0.15) is 6.92 Å². The summed E-state index contributed by atoms with van der Waals surface area (Å²) in [4.78, 5) is 12.3. The van der Waals surface area contributed by atoms with Gasteiger partial charge in [-0.05, 0) is 25.1 Å². The van der Waals surface area contributed by atoms with Crippen molar-refractivity contribution in [1.82, 2.24) is 5.32 Å². The number of nitrogens with one attached hydrogen (secondary N) is 1. The van der Waals surface area contributed by atoms with Gasteiger partial charge in [0.05, 0.1) is 10.8 Å². The molecule has 0 fully saturated rings. The Labute approximate surface area is 115 Å². The molecule has 0 aromatic heterocycles. The summed E-state index contributed by atoms with van der Waals surface area (Å²) < 4.78 is 0. The van der Waals surface area contributed by atoms with Gasteiger partial charge in [0.15, 0.2) is 0 Å². The van der Waals surface area contributed by atoms with Crippen LogP contribution in [0, 0.1) is 0 Å². The molecule has 0 aliphatic rings. The second-order valence-electron chi connectivity index (χ2n) is 3.57. The number of rotatable bonds is 5. The first-order chi connectivity index (χ1) is 8.02. The van der Waals surface area contributed by atoms with Crippen LogP contribution in [0.25, 0.3) is 0 Å². The van der Waals surface area contributed by atoms with Gasteiger partial charge in [-0.2, -0.15) is 0 Å². The lowest BCUT2D eigenvalue weighted by Gasteiger charge is -2.11. The summed E-state index contributed by atoms with van der Waals surface area (Å²) in [5.74, 6) is 0.230. The summed E-state index contributed by atoms with van der Waals surface area (Å²) in [6.07, 6.45) is 0. The molecule has 3 N–H and O–H groups in total. The average molecular weight is 293 g/mol. The molecule has 0 heterocycles. The summed E-state index contributed by atoms with van der Waals surface area (Å²) >= 11 is 13.2. The van der Waals surface area contributed by atoms with Crippen molar-refractivity contribution < 1.29 is 4.79 Å². The van der Waals surface area contributed by atoms with E-state index in [1.807, 2.05) is 6.92 Å². The largest absolute Gasteiger partial charge is 0.352 e. The fourth-order valence-corrected chi connectivity index (χ4v) is 2.41. The Balaban J connectivity index is 2.50. The number of thioether (sulfide) groups is 1. The zero-order valence-corrected chi connectivity index (χ0v) is 11.7. The fraction of sp³-hybridized carbons (Fsp3) is 0.364. The third kappa shape index (κ3) is 5.17. The zero-order valence-electron chi connectivity index (χ0n) is 9.37. The number of carbonyl (C=O) groups excluding carboxylic acids is 1. The van der Waals surface area contributed by atoms with E-state index in [-0.39, 0.29) is 11.9 Å². The zero-order chi connectivity index (χ0) is 12.8. The van der Waals surface area contributed by atoms with Gasteiger partial charge in [-0.15, -0.1) is 11.8 Å². The average Bonchev–Trinajstić information content (AvgIpc) is 2.30. The van der Waals surface area contributed by atoms with Gasteiger partial charge in [0, 0.05) is 22.5 Å². The van der Waals surface area contributed by atoms with Gasteiger partial charge in [0.1, 0.15) is 0 Å². The minimum atomic E-state index is -0.0657. The number of nitrogens with two attached hydrogens (primary N) is 1. The van der Waals surface area contributed by atoms with Crippen molar-refractivity contribution in [2.24, 2.45) is 5.73 Å². The molecule has 94 valence electrons. The summed E-state index contributed by atoms with van der Waals surface area (Å²) in [5, 5.41) is 3.97. The van der Waals surface area contributed by atoms with Crippen LogP contribution < -0.4 is 11.1 Å². The maximum atomic E-state index is 11.5. The highest BCUT2D eigenvalue weighted by Crippen LogP contribution is 2.29. The Morgan fingerprint density at radius 1 is 1.53 bits per heavy atom. The monoisotopic (exact) mass is 292 g/mol. The minimum absolute atomic E-state index is 0.0158. The molecule has 0 bridgehead atoms. The minimum Gasteiger partial charge on any atom is -0.352 e. The SMILES string of the molecule is C[C@@H](CN)NC(=O)CSc1cc(Cl)ccc1Cl. The van der Waals surface area contributed by atoms with Crippen LogP contribution in [0.15, 0.2) is 23.1 Å². The van der Waals surface area contributed by atoms with Crippen LogP contribution in [0.5, 0.6) is 0 Å². The molecule has 1 rings (SSSR count). The van der Waals surface area contributed by atoms with E-state index >= 15 is 0 Å². The van der Waals surface area contributed by atoms with Gasteiger partial charge >= 0.3 is 0 Å². The predicted molar refractivity (Wildman–Crippen MR) is 73.8 cm³/mol. The highest BCUT2D eigenvalue weighted by Gasteiger charge is 2.08. The van der Waals surface area contributed by atoms with Gasteiger partial charge in [-0.25, -0.2) is 0 Å². The van der Waals surface area contributed by atoms with Crippen molar-refractivity contribution >= 4 is 40.9 Å². The van der Waals surface area contributed by atoms with E-state index < -0.39 is 0 Å². The topological polar surface area (TPSA) is 55.1 Å². The Hall–Kier alpha value is -0.420. The third-order valence-electron chi connectivity index (χ3n) is 2.01. The highest BCUT2D eigenvalue weighted by molar-refractivity contribution is 8.00. The van der Waals surface area contributed by atoms with Crippen molar-refractivity contribution in [2.75, 3.05) is 12.3 Å². The molecule has 1 amide bonds. The van der Waals surface area contributed by atoms with E-state index in [2.05, 4.69) is 5.32 Å². The van der Waals surface area contributed by atoms with E-state index in [0.29, 0.717) is 22.3 Å². The van der Waals surface area contributed by atoms with E-state index in [1.54, 1.807) is 18.2 Å². The van der Waals surface area contributed by atoms with Gasteiger partial charge in [0.25, 0.3) is 0 Å². The highest BCUT2D eigenvalue weighted by atomic mass is 35.5. The molecule has 1 aromatic carbocycles. The summed E-state index contributed by atoms with van der Waals surface area (Å²) in [5.41, 5.74) is 5.41. The lowest BCUT2D eigenvalue weighted by atomic mass is 10.3. The lowest BCUT2D eigenvalue weighted by Crippen LogP contribution is -2.38. The van der Waals surface area contributed by atoms with Crippen molar-refractivity contribution in [1.29, 1.82) is 0 Å². The molecular formula is C11H14Cl2N2OS. The smallest absolute Gasteiger partial charge is 0.230 e. The first-order valence-corrected chi connectivity index (χ1v) is 6.84. The van der Waals surface area contributed by atoms with Crippen LogP contribution in [0.2, 0.25) is 10.0 Å². The van der Waals surface area contributed by atoms with E-state index in [4.69, 9.17) is 28.9 Å². The molecule has 6 heteroatoms. The Bertz CT molecular complexity index is 401. The second kappa shape index (κ2) is 7.11. The van der Waals surface area contributed by atoms with Gasteiger partial charge in [-0.1, -0.05) is 23.2 Å². The Morgan fingerprint density at radius 3 is 2.88 bits per heavy atom. The molecule has 1 aromatic rings. The van der Waals surface area contributed by atoms with E-state index in [1.165, 1.54) is 11.8 Å². The summed E-state index contributed by atoms with van der Waals surface area (Å²) in [6.45, 7) is 2.28. The first-order valence-electron chi connectivity index (χ1n) is 5.10. The standard InChI is InChI=1S/C11H14Cl2N2OS/c1-7(5-14)15-11(16)6-17-10-4-8(12)2-3-9(10)13/h2-4,7H,5-6,14H2,1H3,(H,15,16)/t7-/m0/s1. The number of carbonyl (C=O) groups is 1. The molecule has 0 aliphatic heterocycles. The van der Waals surface area contributed by atoms with Crippen LogP contribution >= 0.6 is 35.0 Å². The molecule has 0 saturated carbocycles. The second-order valence-corrected chi connectivity index (χ2v) is 5.43. The molecule has 1 atom stereocenters. The van der Waals surface area contributed by atoms with Crippen molar-refractivity contribution in [2.45, 2.75) is 17.9 Å². The Morgan fingerprint density at radius 2 is 2.24 bits per heavy atom. The Kier molecular flexibility index (Phi) is 6.12. The normalized spacial score (nSPS) is 12.2. The van der Waals surface area contributed by atoms with Crippen LogP contribution in [0.3, 0.4) is 0 Å². The quantitative estimate of drug-likeness (QED) is 0.820. The number of halogens is 2. The number of benzene rings is 1. The van der Waals surface area contributed by atoms with Crippen LogP contribution in [0.4, 0.5) is 0 Å². The molecule has 3 nitrogen and oxygen atoms in total. The maximum Gasteiger partial charge on any atom is 0.230 e. The van der Waals surface area contributed by atoms with Crippen molar-refractivity contribution in [3.63, 3.8) is 0 Å². The summed E-state index contributed by atoms with van der Waals surface area (Å²) in [7, 11) is 0. The van der Waals surface area contributed by atoms with Crippen molar-refractivity contribution in [3.8, 4) is 0 Å². The van der Waals surface area contributed by atoms with Gasteiger partial charge < -0.3 is 11.1 Å². The molecular weight excluding hydrogens is 279 g/mol. The van der Waals surface area contributed by atoms with Gasteiger partial charge in [0.2, 0.25) is 5.91 Å². The van der Waals surface area contributed by atoms with Crippen LogP contribution in [-0.2, 0) is 4.79 Å². The molecule has 17 heavy (non-hydrogen) atoms. The number of hydrogen-bond donors (Lipinski definition) is 2. The third-order valence-corrected chi connectivity index (χ3v) is 3.74.